The zero-order valence-electron chi connectivity index (χ0n) is 21.0. The molecule has 2 atom stereocenters. The first-order valence-corrected chi connectivity index (χ1v) is 6.65. The Balaban J connectivity index is 2.71. The third-order valence-corrected chi connectivity index (χ3v) is 2.51. The second-order valence-corrected chi connectivity index (χ2v) is 4.75. The topological polar surface area (TPSA) is 75.6 Å². The van der Waals surface area contributed by atoms with Crippen LogP contribution in [0.1, 0.15) is 33.0 Å². The molecule has 0 aromatic carbocycles. The van der Waals surface area contributed by atoms with Crippen molar-refractivity contribution in [1.82, 2.24) is 19.9 Å². The van der Waals surface area contributed by atoms with Crippen molar-refractivity contribution < 1.29 is 25.5 Å². The van der Waals surface area contributed by atoms with E-state index >= 15 is 0 Å². The summed E-state index contributed by atoms with van der Waals surface area (Å²) in [5.74, 6) is -2.31. The van der Waals surface area contributed by atoms with Gasteiger partial charge in [0.1, 0.15) is 16.9 Å². The van der Waals surface area contributed by atoms with E-state index in [0.717, 1.165) is 6.07 Å². The van der Waals surface area contributed by atoms with E-state index < -0.39 is 67.4 Å². The molecule has 2 heterocycles. The van der Waals surface area contributed by atoms with Gasteiger partial charge in [-0.15, -0.1) is 0 Å². The summed E-state index contributed by atoms with van der Waals surface area (Å²) in [6, 6.07) is -5.57. The first-order chi connectivity index (χ1) is 14.8. The minimum absolute atomic E-state index is 0.279. The second-order valence-electron chi connectivity index (χ2n) is 4.37. The van der Waals surface area contributed by atoms with Crippen LogP contribution in [-0.4, -0.2) is 38.2 Å². The number of nitrogens with one attached hydrogen (secondary N) is 2. The number of aromatic nitrogens is 4. The summed E-state index contributed by atoms with van der Waals surface area (Å²) < 4.78 is 107. The standard InChI is InChI=1S/C14H16ClF3N6/c1-7(2)19-12-22-11(9-5-4-6-10(15)21-9)23-13(24-12)20-8(3)14(16,17)18/h4-8H,1-3H3,(H2,19,20,22,23,24)/t8-/m1/s1/i1D3,3D3,4D,5D,8D/t7-,8-. The summed E-state index contributed by atoms with van der Waals surface area (Å²) in [6.07, 6.45) is -5.62. The number of nitrogens with zero attached hydrogens (tertiary/aromatic N) is 4. The summed E-state index contributed by atoms with van der Waals surface area (Å²) in [7, 11) is 0. The Morgan fingerprint density at radius 1 is 1.21 bits per heavy atom. The number of hydrogen-bond acceptors (Lipinski definition) is 6. The molecule has 0 spiro atoms. The summed E-state index contributed by atoms with van der Waals surface area (Å²) in [5, 5.41) is 3.46. The summed E-state index contributed by atoms with van der Waals surface area (Å²) in [5.41, 5.74) is -0.473. The molecule has 0 saturated heterocycles. The van der Waals surface area contributed by atoms with E-state index in [9.17, 15) is 13.2 Å². The molecule has 0 aliphatic rings. The van der Waals surface area contributed by atoms with Gasteiger partial charge in [0, 0.05) is 14.3 Å². The maximum absolute atomic E-state index is 13.5. The van der Waals surface area contributed by atoms with Crippen LogP contribution in [-0.2, 0) is 0 Å². The zero-order valence-corrected chi connectivity index (χ0v) is 12.7. The van der Waals surface area contributed by atoms with Crippen LogP contribution in [0.25, 0.3) is 11.5 Å². The molecule has 0 bridgehead atoms. The molecule has 2 N–H and O–H groups in total. The van der Waals surface area contributed by atoms with Gasteiger partial charge in [0.2, 0.25) is 11.9 Å². The highest BCUT2D eigenvalue weighted by atomic mass is 35.5. The second kappa shape index (κ2) is 7.16. The molecule has 0 aliphatic heterocycles. The number of alkyl halides is 3. The lowest BCUT2D eigenvalue weighted by Crippen LogP contribution is -2.34. The number of anilines is 2. The fourth-order valence-corrected chi connectivity index (χ4v) is 1.55. The van der Waals surface area contributed by atoms with E-state index in [-0.39, 0.29) is 5.15 Å². The largest absolute Gasteiger partial charge is 0.408 e. The average molecular weight is 370 g/mol. The molecule has 0 amide bonds. The average Bonchev–Trinajstić information content (AvgIpc) is 2.61. The Labute approximate surface area is 154 Å². The highest BCUT2D eigenvalue weighted by molar-refractivity contribution is 6.29. The van der Waals surface area contributed by atoms with Crippen LogP contribution >= 0.6 is 11.6 Å². The molecule has 0 saturated carbocycles. The Bertz CT molecular complexity index is 1020. The van der Waals surface area contributed by atoms with Crippen molar-refractivity contribution in [3.8, 4) is 11.5 Å². The van der Waals surface area contributed by atoms with Crippen LogP contribution in [0.15, 0.2) is 18.2 Å². The molecule has 10 heteroatoms. The lowest BCUT2D eigenvalue weighted by molar-refractivity contribution is -0.138. The van der Waals surface area contributed by atoms with E-state index in [0.29, 0.717) is 0 Å². The molecule has 0 unspecified atom stereocenters. The molecule has 2 aromatic heterocycles. The predicted octanol–water partition coefficient (Wildman–Crippen LogP) is 3.77. The molecule has 0 fully saturated rings. The Morgan fingerprint density at radius 2 is 1.92 bits per heavy atom. The van der Waals surface area contributed by atoms with Crippen molar-refractivity contribution in [3.05, 3.63) is 23.3 Å². The minimum Gasteiger partial charge on any atom is -0.352 e. The van der Waals surface area contributed by atoms with E-state index in [1.165, 1.54) is 12.2 Å². The molecule has 0 aliphatic carbocycles. The van der Waals surface area contributed by atoms with Gasteiger partial charge in [0.05, 0.1) is 4.11 Å². The highest BCUT2D eigenvalue weighted by Crippen LogP contribution is 2.24. The first-order valence-electron chi connectivity index (χ1n) is 10.8. The summed E-state index contributed by atoms with van der Waals surface area (Å²) in [4.78, 5) is 14.8. The number of halogens is 4. The molecule has 2 aromatic rings. The Morgan fingerprint density at radius 3 is 2.54 bits per heavy atom. The summed E-state index contributed by atoms with van der Waals surface area (Å²) in [6.45, 7) is -5.32. The SMILES string of the molecule is [2H]c1cc(Cl)nc(-c2nc(N[C@@H](C)C([2H])([2H])[2H])nc(N[C@]([2H])(C([2H])([2H])[2H])C(F)(F)F)n2)c1[2H]. The molecule has 0 radical (unpaired) electrons. The van der Waals surface area contributed by atoms with Gasteiger partial charge in [-0.05, 0) is 32.7 Å². The van der Waals surface area contributed by atoms with Crippen LogP contribution in [0, 0.1) is 0 Å². The number of hydrogen-bond donors (Lipinski definition) is 2. The number of pyridine rings is 1. The molecular formula is C14H16ClF3N6. The lowest BCUT2D eigenvalue weighted by Gasteiger charge is -2.18. The van der Waals surface area contributed by atoms with E-state index in [4.69, 9.17) is 23.9 Å². The van der Waals surface area contributed by atoms with Gasteiger partial charge in [0.25, 0.3) is 0 Å². The van der Waals surface area contributed by atoms with Gasteiger partial charge in [-0.2, -0.15) is 28.1 Å². The van der Waals surface area contributed by atoms with Crippen molar-refractivity contribution in [2.24, 2.45) is 0 Å². The molecule has 6 nitrogen and oxygen atoms in total. The van der Waals surface area contributed by atoms with Crippen molar-refractivity contribution >= 4 is 23.5 Å². The smallest absolute Gasteiger partial charge is 0.352 e. The van der Waals surface area contributed by atoms with Gasteiger partial charge < -0.3 is 10.6 Å². The van der Waals surface area contributed by atoms with Crippen LogP contribution in [0.3, 0.4) is 0 Å². The third kappa shape index (κ3) is 4.92. The zero-order chi connectivity index (χ0) is 25.6. The Kier molecular flexibility index (Phi) is 2.79. The third-order valence-electron chi connectivity index (χ3n) is 2.31. The van der Waals surface area contributed by atoms with Gasteiger partial charge in [-0.25, -0.2) is 4.98 Å². The maximum atomic E-state index is 13.5. The molecular weight excluding hydrogens is 345 g/mol. The fraction of sp³-hybridized carbons (Fsp3) is 0.429. The minimum atomic E-state index is -5.62. The van der Waals surface area contributed by atoms with Gasteiger partial charge in [-0.3, -0.25) is 0 Å². The normalized spacial score (nSPS) is 22.0. The van der Waals surface area contributed by atoms with Crippen LogP contribution in [0.4, 0.5) is 25.1 Å². The maximum Gasteiger partial charge on any atom is 0.408 e. The van der Waals surface area contributed by atoms with Crippen molar-refractivity contribution in [1.29, 1.82) is 0 Å². The van der Waals surface area contributed by atoms with Gasteiger partial charge in [-0.1, -0.05) is 17.6 Å². The highest BCUT2D eigenvalue weighted by Gasteiger charge is 2.36. The van der Waals surface area contributed by atoms with Gasteiger partial charge in [0.15, 0.2) is 5.82 Å². The van der Waals surface area contributed by atoms with Crippen LogP contribution < -0.4 is 10.6 Å². The molecule has 130 valence electrons. The van der Waals surface area contributed by atoms with Crippen molar-refractivity contribution in [2.45, 2.75) is 38.9 Å². The number of rotatable bonds is 5. The Hall–Kier alpha value is -2.16. The first kappa shape index (κ1) is 9.36. The predicted molar refractivity (Wildman–Crippen MR) is 86.0 cm³/mol. The molecule has 24 heavy (non-hydrogen) atoms. The van der Waals surface area contributed by atoms with Crippen LogP contribution in [0.5, 0.6) is 0 Å². The van der Waals surface area contributed by atoms with Crippen molar-refractivity contribution in [2.75, 3.05) is 10.6 Å². The fourth-order valence-electron chi connectivity index (χ4n) is 1.42. The van der Waals surface area contributed by atoms with E-state index in [2.05, 4.69) is 25.3 Å². The van der Waals surface area contributed by atoms with E-state index in [1.54, 1.807) is 0 Å². The van der Waals surface area contributed by atoms with Crippen LogP contribution in [0.2, 0.25) is 5.15 Å². The van der Waals surface area contributed by atoms with Crippen molar-refractivity contribution in [3.63, 3.8) is 0 Å². The summed E-state index contributed by atoms with van der Waals surface area (Å²) >= 11 is 5.78. The molecule has 2 rings (SSSR count). The van der Waals surface area contributed by atoms with Gasteiger partial charge >= 0.3 is 6.18 Å². The van der Waals surface area contributed by atoms with E-state index in [1.807, 2.05) is 0 Å². The monoisotopic (exact) mass is 369 g/mol. The quantitative estimate of drug-likeness (QED) is 0.781. The lowest BCUT2D eigenvalue weighted by atomic mass is 10.3.